The first-order valence-corrected chi connectivity index (χ1v) is 11.3. The number of nitrogens with one attached hydrogen (secondary N) is 2. The van der Waals surface area contributed by atoms with Crippen LogP contribution in [0.15, 0.2) is 29.2 Å². The van der Waals surface area contributed by atoms with Gasteiger partial charge in [-0.15, -0.1) is 0 Å². The van der Waals surface area contributed by atoms with Gasteiger partial charge in [0.2, 0.25) is 21.8 Å². The monoisotopic (exact) mass is 407 g/mol. The van der Waals surface area contributed by atoms with Gasteiger partial charge in [-0.3, -0.25) is 9.59 Å². The van der Waals surface area contributed by atoms with Crippen molar-refractivity contribution < 1.29 is 18.0 Å². The number of hydrogen-bond acceptors (Lipinski definition) is 4. The predicted octanol–water partition coefficient (Wildman–Crippen LogP) is 2.35. The Bertz CT molecular complexity index is 856. The summed E-state index contributed by atoms with van der Waals surface area (Å²) in [6, 6.07) is 6.39. The van der Waals surface area contributed by atoms with E-state index in [1.54, 1.807) is 43.9 Å². The Morgan fingerprint density at radius 1 is 1.07 bits per heavy atom. The normalized spacial score (nSPS) is 20.7. The number of piperidine rings is 1. The van der Waals surface area contributed by atoms with Gasteiger partial charge in [-0.05, 0) is 58.6 Å². The Morgan fingerprint density at radius 2 is 1.75 bits per heavy atom. The van der Waals surface area contributed by atoms with Crippen molar-refractivity contribution in [1.82, 2.24) is 9.62 Å². The van der Waals surface area contributed by atoms with Crippen LogP contribution in [0.2, 0.25) is 0 Å². The molecule has 2 amide bonds. The SMILES string of the molecule is CC(C)(C)NS(=O)(=O)c1ccccc1NC(=O)C1CCCN(C(=O)C2CC2)C1. The summed E-state index contributed by atoms with van der Waals surface area (Å²) in [7, 11) is -3.78. The number of rotatable bonds is 5. The number of benzene rings is 1. The summed E-state index contributed by atoms with van der Waals surface area (Å²) in [6.45, 7) is 6.38. The molecule has 1 saturated heterocycles. The van der Waals surface area contributed by atoms with E-state index in [4.69, 9.17) is 0 Å². The fourth-order valence-electron chi connectivity index (χ4n) is 3.48. The van der Waals surface area contributed by atoms with Gasteiger partial charge in [0, 0.05) is 24.5 Å². The third-order valence-corrected chi connectivity index (χ3v) is 6.72. The van der Waals surface area contributed by atoms with Crippen molar-refractivity contribution in [3.63, 3.8) is 0 Å². The highest BCUT2D eigenvalue weighted by Crippen LogP contribution is 2.33. The van der Waals surface area contributed by atoms with Crippen LogP contribution < -0.4 is 10.0 Å². The lowest BCUT2D eigenvalue weighted by Gasteiger charge is -2.32. The van der Waals surface area contributed by atoms with E-state index in [1.165, 1.54) is 6.07 Å². The molecule has 1 unspecified atom stereocenters. The van der Waals surface area contributed by atoms with Crippen molar-refractivity contribution in [2.45, 2.75) is 56.9 Å². The molecule has 0 radical (unpaired) electrons. The summed E-state index contributed by atoms with van der Waals surface area (Å²) in [5.41, 5.74) is -0.377. The lowest BCUT2D eigenvalue weighted by atomic mass is 9.96. The average Bonchev–Trinajstić information content (AvgIpc) is 3.44. The fourth-order valence-corrected chi connectivity index (χ4v) is 5.06. The van der Waals surface area contributed by atoms with Crippen LogP contribution in [-0.2, 0) is 19.6 Å². The van der Waals surface area contributed by atoms with Gasteiger partial charge in [0.15, 0.2) is 0 Å². The highest BCUT2D eigenvalue weighted by atomic mass is 32.2. The van der Waals surface area contributed by atoms with E-state index in [0.717, 1.165) is 19.3 Å². The summed E-state index contributed by atoms with van der Waals surface area (Å²) in [5.74, 6) is -0.291. The summed E-state index contributed by atoms with van der Waals surface area (Å²) in [5, 5.41) is 2.78. The number of carbonyl (C=O) groups is 2. The third kappa shape index (κ3) is 5.11. The van der Waals surface area contributed by atoms with E-state index in [9.17, 15) is 18.0 Å². The minimum Gasteiger partial charge on any atom is -0.342 e. The Morgan fingerprint density at radius 3 is 2.39 bits per heavy atom. The Hall–Kier alpha value is -1.93. The topological polar surface area (TPSA) is 95.6 Å². The molecule has 0 spiro atoms. The van der Waals surface area contributed by atoms with Crippen LogP contribution in [0.1, 0.15) is 46.5 Å². The molecule has 1 aliphatic heterocycles. The van der Waals surface area contributed by atoms with E-state index < -0.39 is 15.6 Å². The van der Waals surface area contributed by atoms with Crippen LogP contribution in [0.4, 0.5) is 5.69 Å². The number of para-hydroxylation sites is 1. The van der Waals surface area contributed by atoms with Crippen LogP contribution in [-0.4, -0.2) is 43.8 Å². The molecule has 0 aromatic heterocycles. The Labute approximate surface area is 166 Å². The van der Waals surface area contributed by atoms with Gasteiger partial charge in [0.1, 0.15) is 4.90 Å². The van der Waals surface area contributed by atoms with Crippen molar-refractivity contribution in [1.29, 1.82) is 0 Å². The molecule has 1 aliphatic carbocycles. The van der Waals surface area contributed by atoms with E-state index >= 15 is 0 Å². The van der Waals surface area contributed by atoms with Crippen LogP contribution in [0.5, 0.6) is 0 Å². The van der Waals surface area contributed by atoms with Crippen LogP contribution >= 0.6 is 0 Å². The van der Waals surface area contributed by atoms with E-state index in [-0.39, 0.29) is 34.2 Å². The molecule has 3 rings (SSSR count). The van der Waals surface area contributed by atoms with Crippen molar-refractivity contribution in [3.05, 3.63) is 24.3 Å². The zero-order valence-corrected chi connectivity index (χ0v) is 17.5. The van der Waals surface area contributed by atoms with Crippen LogP contribution in [0.3, 0.4) is 0 Å². The molecule has 1 heterocycles. The summed E-state index contributed by atoms with van der Waals surface area (Å²) < 4.78 is 28.1. The molecule has 8 heteroatoms. The lowest BCUT2D eigenvalue weighted by molar-refractivity contribution is -0.135. The highest BCUT2D eigenvalue weighted by Gasteiger charge is 2.37. The zero-order valence-electron chi connectivity index (χ0n) is 16.7. The molecule has 2 aliphatic rings. The second-order valence-corrected chi connectivity index (χ2v) is 10.4. The standard InChI is InChI=1S/C20H29N3O4S/c1-20(2,3)22-28(26,27)17-9-5-4-8-16(17)21-18(24)15-7-6-12-23(13-15)19(25)14-10-11-14/h4-5,8-9,14-15,22H,6-7,10-13H2,1-3H3,(H,21,24). The summed E-state index contributed by atoms with van der Waals surface area (Å²) in [4.78, 5) is 27.0. The second kappa shape index (κ2) is 7.83. The zero-order chi connectivity index (χ0) is 20.5. The number of nitrogens with zero attached hydrogens (tertiary/aromatic N) is 1. The predicted molar refractivity (Wildman–Crippen MR) is 107 cm³/mol. The van der Waals surface area contributed by atoms with Gasteiger partial charge in [0.05, 0.1) is 11.6 Å². The highest BCUT2D eigenvalue weighted by molar-refractivity contribution is 7.89. The number of hydrogen-bond donors (Lipinski definition) is 2. The number of carbonyl (C=O) groups excluding carboxylic acids is 2. The maximum atomic E-state index is 12.8. The minimum atomic E-state index is -3.78. The van der Waals surface area contributed by atoms with E-state index in [1.807, 2.05) is 0 Å². The number of sulfonamides is 1. The van der Waals surface area contributed by atoms with Gasteiger partial charge in [-0.25, -0.2) is 13.1 Å². The van der Waals surface area contributed by atoms with Gasteiger partial charge in [-0.1, -0.05) is 12.1 Å². The molecule has 28 heavy (non-hydrogen) atoms. The third-order valence-electron chi connectivity index (χ3n) is 4.91. The number of amides is 2. The molecule has 0 bridgehead atoms. The molecule has 1 aromatic rings. The molecule has 7 nitrogen and oxygen atoms in total. The van der Waals surface area contributed by atoms with Gasteiger partial charge >= 0.3 is 0 Å². The van der Waals surface area contributed by atoms with Crippen molar-refractivity contribution >= 4 is 27.5 Å². The number of likely N-dealkylation sites (tertiary alicyclic amines) is 1. The van der Waals surface area contributed by atoms with E-state index in [2.05, 4.69) is 10.0 Å². The second-order valence-electron chi connectivity index (χ2n) is 8.74. The quantitative estimate of drug-likeness (QED) is 0.783. The van der Waals surface area contributed by atoms with Gasteiger partial charge < -0.3 is 10.2 Å². The molecule has 2 N–H and O–H groups in total. The van der Waals surface area contributed by atoms with Gasteiger partial charge in [-0.2, -0.15) is 0 Å². The maximum Gasteiger partial charge on any atom is 0.243 e. The summed E-state index contributed by atoms with van der Waals surface area (Å²) in [6.07, 6.45) is 3.36. The smallest absolute Gasteiger partial charge is 0.243 e. The largest absolute Gasteiger partial charge is 0.342 e. The summed E-state index contributed by atoms with van der Waals surface area (Å²) >= 11 is 0. The van der Waals surface area contributed by atoms with Crippen molar-refractivity contribution in [2.75, 3.05) is 18.4 Å². The molecule has 1 atom stereocenters. The van der Waals surface area contributed by atoms with Crippen molar-refractivity contribution in [2.24, 2.45) is 11.8 Å². The molecule has 1 saturated carbocycles. The van der Waals surface area contributed by atoms with Crippen LogP contribution in [0.25, 0.3) is 0 Å². The lowest BCUT2D eigenvalue weighted by Crippen LogP contribution is -2.44. The first-order valence-electron chi connectivity index (χ1n) is 9.79. The van der Waals surface area contributed by atoms with Crippen molar-refractivity contribution in [3.8, 4) is 0 Å². The van der Waals surface area contributed by atoms with E-state index in [0.29, 0.717) is 19.5 Å². The molecular formula is C20H29N3O4S. The first kappa shape index (κ1) is 20.8. The van der Waals surface area contributed by atoms with Gasteiger partial charge in [0.25, 0.3) is 0 Å². The molecule has 1 aromatic carbocycles. The maximum absolute atomic E-state index is 12.8. The molecule has 154 valence electrons. The Kier molecular flexibility index (Phi) is 5.82. The fraction of sp³-hybridized carbons (Fsp3) is 0.600. The number of anilines is 1. The minimum absolute atomic E-state index is 0.0417. The molecular weight excluding hydrogens is 378 g/mol. The molecule has 2 fully saturated rings. The average molecular weight is 408 g/mol. The first-order chi connectivity index (χ1) is 13.1. The van der Waals surface area contributed by atoms with Crippen LogP contribution in [0, 0.1) is 11.8 Å². The Balaban J connectivity index is 1.73.